The molecule has 1 fully saturated rings. The second kappa shape index (κ2) is 6.37. The summed E-state index contributed by atoms with van der Waals surface area (Å²) in [5.41, 5.74) is 8.17. The molecular formula is C15H25N3O. The first-order valence-corrected chi connectivity index (χ1v) is 6.92. The van der Waals surface area contributed by atoms with E-state index < -0.39 is 0 Å². The van der Waals surface area contributed by atoms with E-state index in [-0.39, 0.29) is 0 Å². The predicted octanol–water partition coefficient (Wildman–Crippen LogP) is 1.29. The molecule has 1 aliphatic rings. The van der Waals surface area contributed by atoms with Crippen LogP contribution in [-0.2, 0) is 13.1 Å². The summed E-state index contributed by atoms with van der Waals surface area (Å²) >= 11 is 0. The van der Waals surface area contributed by atoms with Gasteiger partial charge >= 0.3 is 0 Å². The number of hydrogen-bond donors (Lipinski definition) is 1. The molecule has 1 heterocycles. The van der Waals surface area contributed by atoms with Crippen molar-refractivity contribution in [3.63, 3.8) is 0 Å². The highest BCUT2D eigenvalue weighted by atomic mass is 16.5. The maximum Gasteiger partial charge on any atom is 0.123 e. The number of likely N-dealkylation sites (N-methyl/N-ethyl adjacent to an activating group) is 1. The van der Waals surface area contributed by atoms with Crippen LogP contribution in [0.3, 0.4) is 0 Å². The molecule has 1 unspecified atom stereocenters. The van der Waals surface area contributed by atoms with Crippen LogP contribution in [0.25, 0.3) is 0 Å². The van der Waals surface area contributed by atoms with Gasteiger partial charge in [0.15, 0.2) is 0 Å². The number of nitrogens with two attached hydrogens (primary N) is 1. The van der Waals surface area contributed by atoms with Gasteiger partial charge in [-0.2, -0.15) is 0 Å². The fraction of sp³-hybridized carbons (Fsp3) is 0.600. The lowest BCUT2D eigenvalue weighted by atomic mass is 10.1. The number of rotatable bonds is 4. The molecule has 1 aliphatic heterocycles. The van der Waals surface area contributed by atoms with Gasteiger partial charge in [0.1, 0.15) is 5.75 Å². The molecular weight excluding hydrogens is 238 g/mol. The van der Waals surface area contributed by atoms with Crippen molar-refractivity contribution in [2.24, 2.45) is 5.73 Å². The van der Waals surface area contributed by atoms with Crippen molar-refractivity contribution in [3.8, 4) is 5.75 Å². The lowest BCUT2D eigenvalue weighted by Crippen LogP contribution is -2.49. The van der Waals surface area contributed by atoms with Crippen LogP contribution in [0.5, 0.6) is 5.75 Å². The van der Waals surface area contributed by atoms with Gasteiger partial charge in [-0.15, -0.1) is 0 Å². The van der Waals surface area contributed by atoms with E-state index in [1.165, 1.54) is 5.56 Å². The minimum atomic E-state index is 0.524. The van der Waals surface area contributed by atoms with Gasteiger partial charge in [-0.25, -0.2) is 0 Å². The second-order valence-corrected chi connectivity index (χ2v) is 5.42. The summed E-state index contributed by atoms with van der Waals surface area (Å²) in [5.74, 6) is 0.887. The molecule has 1 aromatic rings. The maximum atomic E-state index is 5.77. The van der Waals surface area contributed by atoms with Gasteiger partial charge in [0.25, 0.3) is 0 Å². The van der Waals surface area contributed by atoms with Gasteiger partial charge in [-0.05, 0) is 31.7 Å². The molecule has 4 heteroatoms. The zero-order valence-electron chi connectivity index (χ0n) is 12.2. The molecule has 2 N–H and O–H groups in total. The lowest BCUT2D eigenvalue weighted by Gasteiger charge is -2.37. The number of methoxy groups -OCH3 is 1. The summed E-state index contributed by atoms with van der Waals surface area (Å²) in [4.78, 5) is 4.92. The van der Waals surface area contributed by atoms with Crippen LogP contribution in [0.15, 0.2) is 18.2 Å². The Labute approximate surface area is 116 Å². The molecule has 2 rings (SSSR count). The zero-order valence-corrected chi connectivity index (χ0v) is 12.2. The number of piperazine rings is 1. The molecule has 1 atom stereocenters. The standard InChI is InChI=1S/C15H25N3O/c1-12-10-18(7-6-17(12)2)11-13-4-5-15(19-3)14(8-13)9-16/h4-5,8,12H,6-7,9-11,16H2,1-3H3. The van der Waals surface area contributed by atoms with E-state index in [9.17, 15) is 0 Å². The van der Waals surface area contributed by atoms with Crippen LogP contribution in [0.1, 0.15) is 18.1 Å². The minimum Gasteiger partial charge on any atom is -0.496 e. The minimum absolute atomic E-state index is 0.524. The average molecular weight is 263 g/mol. The Kier molecular flexibility index (Phi) is 4.80. The fourth-order valence-corrected chi connectivity index (χ4v) is 2.62. The Morgan fingerprint density at radius 1 is 1.37 bits per heavy atom. The Morgan fingerprint density at radius 2 is 2.16 bits per heavy atom. The molecule has 1 saturated heterocycles. The number of ether oxygens (including phenoxy) is 1. The molecule has 1 aromatic carbocycles. The normalized spacial score (nSPS) is 21.6. The van der Waals surface area contributed by atoms with Crippen molar-refractivity contribution in [2.75, 3.05) is 33.8 Å². The van der Waals surface area contributed by atoms with Gasteiger partial charge in [0, 0.05) is 44.3 Å². The first kappa shape index (κ1) is 14.3. The Hall–Kier alpha value is -1.10. The van der Waals surface area contributed by atoms with Crippen molar-refractivity contribution in [2.45, 2.75) is 26.1 Å². The monoisotopic (exact) mass is 263 g/mol. The first-order chi connectivity index (χ1) is 9.13. The van der Waals surface area contributed by atoms with Crippen molar-refractivity contribution >= 4 is 0 Å². The SMILES string of the molecule is COc1ccc(CN2CCN(C)C(C)C2)cc1CN. The quantitative estimate of drug-likeness (QED) is 0.889. The van der Waals surface area contributed by atoms with Crippen molar-refractivity contribution in [1.29, 1.82) is 0 Å². The third-order valence-corrected chi connectivity index (χ3v) is 4.01. The summed E-state index contributed by atoms with van der Waals surface area (Å²) in [6.45, 7) is 7.20. The highest BCUT2D eigenvalue weighted by molar-refractivity contribution is 5.37. The fourth-order valence-electron chi connectivity index (χ4n) is 2.62. The van der Waals surface area contributed by atoms with Crippen LogP contribution in [0, 0.1) is 0 Å². The molecule has 0 aliphatic carbocycles. The average Bonchev–Trinajstić information content (AvgIpc) is 2.43. The van der Waals surface area contributed by atoms with Gasteiger partial charge in [0.2, 0.25) is 0 Å². The molecule has 0 bridgehead atoms. The molecule has 0 aromatic heterocycles. The summed E-state index contributed by atoms with van der Waals surface area (Å²) in [5, 5.41) is 0. The Balaban J connectivity index is 2.03. The van der Waals surface area contributed by atoms with Crippen molar-refractivity contribution in [1.82, 2.24) is 9.80 Å². The first-order valence-electron chi connectivity index (χ1n) is 6.92. The van der Waals surface area contributed by atoms with Crippen molar-refractivity contribution in [3.05, 3.63) is 29.3 Å². The highest BCUT2D eigenvalue weighted by Crippen LogP contribution is 2.21. The number of nitrogens with zero attached hydrogens (tertiary/aromatic N) is 2. The molecule has 4 nitrogen and oxygen atoms in total. The summed E-state index contributed by atoms with van der Waals surface area (Å²) in [6.07, 6.45) is 0. The van der Waals surface area contributed by atoms with E-state index in [2.05, 4.69) is 35.9 Å². The molecule has 19 heavy (non-hydrogen) atoms. The summed E-state index contributed by atoms with van der Waals surface area (Å²) < 4.78 is 5.31. The van der Waals surface area contributed by atoms with Gasteiger partial charge < -0.3 is 15.4 Å². The van der Waals surface area contributed by atoms with Crippen LogP contribution in [0.2, 0.25) is 0 Å². The third-order valence-electron chi connectivity index (χ3n) is 4.01. The van der Waals surface area contributed by atoms with E-state index >= 15 is 0 Å². The van der Waals surface area contributed by atoms with Crippen LogP contribution in [0.4, 0.5) is 0 Å². The molecule has 0 amide bonds. The summed E-state index contributed by atoms with van der Waals surface area (Å²) in [7, 11) is 3.89. The topological polar surface area (TPSA) is 41.7 Å². The third kappa shape index (κ3) is 3.47. The molecule has 0 spiro atoms. The maximum absolute atomic E-state index is 5.77. The predicted molar refractivity (Wildman–Crippen MR) is 78.3 cm³/mol. The highest BCUT2D eigenvalue weighted by Gasteiger charge is 2.20. The van der Waals surface area contributed by atoms with E-state index in [4.69, 9.17) is 10.5 Å². The van der Waals surface area contributed by atoms with E-state index in [1.54, 1.807) is 7.11 Å². The molecule has 106 valence electrons. The molecule has 0 radical (unpaired) electrons. The second-order valence-electron chi connectivity index (χ2n) is 5.42. The van der Waals surface area contributed by atoms with E-state index in [0.717, 1.165) is 37.5 Å². The van der Waals surface area contributed by atoms with Gasteiger partial charge in [-0.3, -0.25) is 4.90 Å². The van der Waals surface area contributed by atoms with Crippen LogP contribution in [-0.4, -0.2) is 49.6 Å². The number of benzene rings is 1. The lowest BCUT2D eigenvalue weighted by molar-refractivity contribution is 0.1000. The van der Waals surface area contributed by atoms with Crippen LogP contribution >= 0.6 is 0 Å². The Morgan fingerprint density at radius 3 is 2.79 bits per heavy atom. The zero-order chi connectivity index (χ0) is 13.8. The van der Waals surface area contributed by atoms with E-state index in [0.29, 0.717) is 12.6 Å². The molecule has 0 saturated carbocycles. The van der Waals surface area contributed by atoms with Gasteiger partial charge in [-0.1, -0.05) is 6.07 Å². The van der Waals surface area contributed by atoms with E-state index in [1.807, 2.05) is 6.07 Å². The Bertz CT molecular complexity index is 422. The number of hydrogen-bond acceptors (Lipinski definition) is 4. The smallest absolute Gasteiger partial charge is 0.123 e. The van der Waals surface area contributed by atoms with Crippen molar-refractivity contribution < 1.29 is 4.74 Å². The largest absolute Gasteiger partial charge is 0.496 e. The van der Waals surface area contributed by atoms with Gasteiger partial charge in [0.05, 0.1) is 7.11 Å². The summed E-state index contributed by atoms with van der Waals surface area (Å²) in [6, 6.07) is 6.96. The van der Waals surface area contributed by atoms with Crippen LogP contribution < -0.4 is 10.5 Å².